The number of rotatable bonds is 6. The Hall–Kier alpha value is -1.36. The molecule has 0 saturated carbocycles. The summed E-state index contributed by atoms with van der Waals surface area (Å²) in [6.45, 7) is 10.1. The largest absolute Gasteiger partial charge is 0.478 e. The van der Waals surface area contributed by atoms with E-state index in [0.717, 1.165) is 18.2 Å². The van der Waals surface area contributed by atoms with Crippen LogP contribution in [-0.2, 0) is 0 Å². The van der Waals surface area contributed by atoms with Crippen LogP contribution in [-0.4, -0.2) is 47.2 Å². The highest BCUT2D eigenvalue weighted by atomic mass is 16.5. The van der Waals surface area contributed by atoms with E-state index in [9.17, 15) is 0 Å². The number of hydrogen-bond donors (Lipinski definition) is 1. The lowest BCUT2D eigenvalue weighted by Gasteiger charge is -2.24. The molecule has 1 aliphatic heterocycles. The molecule has 1 unspecified atom stereocenters. The van der Waals surface area contributed by atoms with E-state index in [1.54, 1.807) is 0 Å². The molecule has 1 aromatic rings. The molecule has 1 aliphatic rings. The second kappa shape index (κ2) is 6.70. The molecule has 1 N–H and O–H groups in total. The van der Waals surface area contributed by atoms with Crippen molar-refractivity contribution in [2.24, 2.45) is 0 Å². The number of nitrogens with zero attached hydrogens (tertiary/aromatic N) is 3. The van der Waals surface area contributed by atoms with Gasteiger partial charge in [-0.15, -0.1) is 0 Å². The summed E-state index contributed by atoms with van der Waals surface area (Å²) in [5.41, 5.74) is 0. The normalized spacial score (nSPS) is 17.4. The fourth-order valence-corrected chi connectivity index (χ4v) is 2.42. The van der Waals surface area contributed by atoms with Crippen LogP contribution < -0.4 is 10.1 Å². The van der Waals surface area contributed by atoms with E-state index in [-0.39, 0.29) is 0 Å². The molecule has 1 saturated heterocycles. The summed E-state index contributed by atoms with van der Waals surface area (Å²) >= 11 is 0. The SMILES string of the molecule is CCOc1cc(NCC(C)N2CCCC2)nc(C)n1. The molecule has 1 aromatic heterocycles. The molecule has 0 amide bonds. The molecule has 0 spiro atoms. The molecule has 106 valence electrons. The van der Waals surface area contributed by atoms with Crippen molar-refractivity contribution in [1.29, 1.82) is 0 Å². The molecule has 0 aliphatic carbocycles. The van der Waals surface area contributed by atoms with Gasteiger partial charge in [0.2, 0.25) is 5.88 Å². The van der Waals surface area contributed by atoms with Crippen molar-refractivity contribution in [2.75, 3.05) is 31.6 Å². The van der Waals surface area contributed by atoms with Crippen LogP contribution in [0, 0.1) is 6.92 Å². The van der Waals surface area contributed by atoms with E-state index >= 15 is 0 Å². The van der Waals surface area contributed by atoms with Crippen molar-refractivity contribution in [3.8, 4) is 5.88 Å². The third-order valence-corrected chi connectivity index (χ3v) is 3.45. The molecular formula is C14H24N4O. The van der Waals surface area contributed by atoms with Crippen LogP contribution in [0.15, 0.2) is 6.07 Å². The number of ether oxygens (including phenoxy) is 1. The second-order valence-corrected chi connectivity index (χ2v) is 5.04. The van der Waals surface area contributed by atoms with Gasteiger partial charge in [-0.05, 0) is 46.7 Å². The smallest absolute Gasteiger partial charge is 0.218 e. The molecule has 1 atom stereocenters. The van der Waals surface area contributed by atoms with Gasteiger partial charge in [-0.2, -0.15) is 4.98 Å². The van der Waals surface area contributed by atoms with Crippen LogP contribution in [0.5, 0.6) is 5.88 Å². The summed E-state index contributed by atoms with van der Waals surface area (Å²) in [7, 11) is 0. The summed E-state index contributed by atoms with van der Waals surface area (Å²) in [6, 6.07) is 2.40. The third-order valence-electron chi connectivity index (χ3n) is 3.45. The predicted octanol–water partition coefficient (Wildman–Crippen LogP) is 2.08. The Labute approximate surface area is 115 Å². The van der Waals surface area contributed by atoms with Crippen molar-refractivity contribution in [3.05, 3.63) is 11.9 Å². The highest BCUT2D eigenvalue weighted by Gasteiger charge is 2.17. The molecule has 5 nitrogen and oxygen atoms in total. The van der Waals surface area contributed by atoms with Gasteiger partial charge in [0.05, 0.1) is 6.61 Å². The van der Waals surface area contributed by atoms with Crippen LogP contribution in [0.1, 0.15) is 32.5 Å². The second-order valence-electron chi connectivity index (χ2n) is 5.04. The van der Waals surface area contributed by atoms with E-state index in [0.29, 0.717) is 18.5 Å². The Morgan fingerprint density at radius 2 is 2.11 bits per heavy atom. The van der Waals surface area contributed by atoms with Crippen molar-refractivity contribution in [1.82, 2.24) is 14.9 Å². The van der Waals surface area contributed by atoms with Crippen molar-refractivity contribution in [2.45, 2.75) is 39.7 Å². The Balaban J connectivity index is 1.90. The molecule has 0 bridgehead atoms. The quantitative estimate of drug-likeness (QED) is 0.852. The first-order chi connectivity index (χ1) is 9.19. The predicted molar refractivity (Wildman–Crippen MR) is 76.7 cm³/mol. The molecule has 0 aromatic carbocycles. The molecule has 0 radical (unpaired) electrons. The lowest BCUT2D eigenvalue weighted by Crippen LogP contribution is -2.35. The lowest BCUT2D eigenvalue weighted by molar-refractivity contribution is 0.269. The summed E-state index contributed by atoms with van der Waals surface area (Å²) in [5, 5.41) is 3.39. The number of aromatic nitrogens is 2. The standard InChI is InChI=1S/C14H24N4O/c1-4-19-14-9-13(16-12(3)17-14)15-10-11(2)18-7-5-6-8-18/h9,11H,4-8,10H2,1-3H3,(H,15,16,17). The van der Waals surface area contributed by atoms with Gasteiger partial charge in [0.15, 0.2) is 0 Å². The Kier molecular flexibility index (Phi) is 4.96. The highest BCUT2D eigenvalue weighted by molar-refractivity contribution is 5.38. The van der Waals surface area contributed by atoms with Crippen LogP contribution in [0.4, 0.5) is 5.82 Å². The van der Waals surface area contributed by atoms with Gasteiger partial charge in [-0.3, -0.25) is 4.90 Å². The number of likely N-dealkylation sites (tertiary alicyclic amines) is 1. The molecule has 2 rings (SSSR count). The number of nitrogens with one attached hydrogen (secondary N) is 1. The van der Waals surface area contributed by atoms with Crippen LogP contribution >= 0.6 is 0 Å². The molecular weight excluding hydrogens is 240 g/mol. The fraction of sp³-hybridized carbons (Fsp3) is 0.714. The van der Waals surface area contributed by atoms with Crippen LogP contribution in [0.25, 0.3) is 0 Å². The van der Waals surface area contributed by atoms with Crippen molar-refractivity contribution >= 4 is 5.82 Å². The Morgan fingerprint density at radius 3 is 2.79 bits per heavy atom. The maximum absolute atomic E-state index is 5.43. The Morgan fingerprint density at radius 1 is 1.37 bits per heavy atom. The molecule has 19 heavy (non-hydrogen) atoms. The van der Waals surface area contributed by atoms with E-state index in [2.05, 4.69) is 27.1 Å². The molecule has 1 fully saturated rings. The first kappa shape index (κ1) is 14.1. The Bertz CT molecular complexity index is 404. The van der Waals surface area contributed by atoms with Crippen LogP contribution in [0.3, 0.4) is 0 Å². The van der Waals surface area contributed by atoms with Crippen molar-refractivity contribution < 1.29 is 4.74 Å². The molecule has 5 heteroatoms. The first-order valence-electron chi connectivity index (χ1n) is 7.15. The maximum atomic E-state index is 5.43. The summed E-state index contributed by atoms with van der Waals surface area (Å²) in [5.74, 6) is 2.23. The first-order valence-corrected chi connectivity index (χ1v) is 7.15. The van der Waals surface area contributed by atoms with Gasteiger partial charge < -0.3 is 10.1 Å². The van der Waals surface area contributed by atoms with Gasteiger partial charge in [0.1, 0.15) is 11.6 Å². The molecule has 2 heterocycles. The third kappa shape index (κ3) is 4.06. The maximum Gasteiger partial charge on any atom is 0.218 e. The van der Waals surface area contributed by atoms with Gasteiger partial charge in [-0.1, -0.05) is 0 Å². The summed E-state index contributed by atoms with van der Waals surface area (Å²) < 4.78 is 5.43. The topological polar surface area (TPSA) is 50.3 Å². The minimum atomic E-state index is 0.535. The van der Waals surface area contributed by atoms with Gasteiger partial charge in [-0.25, -0.2) is 4.98 Å². The summed E-state index contributed by atoms with van der Waals surface area (Å²) in [6.07, 6.45) is 2.65. The fourth-order valence-electron chi connectivity index (χ4n) is 2.42. The van der Waals surface area contributed by atoms with E-state index < -0.39 is 0 Å². The highest BCUT2D eigenvalue weighted by Crippen LogP contribution is 2.15. The van der Waals surface area contributed by atoms with Crippen molar-refractivity contribution in [3.63, 3.8) is 0 Å². The number of anilines is 1. The lowest BCUT2D eigenvalue weighted by atomic mass is 10.3. The van der Waals surface area contributed by atoms with E-state index in [4.69, 9.17) is 4.74 Å². The van der Waals surface area contributed by atoms with Gasteiger partial charge in [0, 0.05) is 18.7 Å². The zero-order chi connectivity index (χ0) is 13.7. The number of hydrogen-bond acceptors (Lipinski definition) is 5. The monoisotopic (exact) mass is 264 g/mol. The van der Waals surface area contributed by atoms with Gasteiger partial charge in [0.25, 0.3) is 0 Å². The number of aryl methyl sites for hydroxylation is 1. The zero-order valence-electron chi connectivity index (χ0n) is 12.1. The van der Waals surface area contributed by atoms with Crippen LogP contribution in [0.2, 0.25) is 0 Å². The van der Waals surface area contributed by atoms with E-state index in [1.165, 1.54) is 25.9 Å². The minimum absolute atomic E-state index is 0.535. The van der Waals surface area contributed by atoms with Gasteiger partial charge >= 0.3 is 0 Å². The average Bonchev–Trinajstić information content (AvgIpc) is 2.89. The summed E-state index contributed by atoms with van der Waals surface area (Å²) in [4.78, 5) is 11.2. The average molecular weight is 264 g/mol. The van der Waals surface area contributed by atoms with E-state index in [1.807, 2.05) is 19.9 Å². The zero-order valence-corrected chi connectivity index (χ0v) is 12.1. The minimum Gasteiger partial charge on any atom is -0.478 e.